The number of hydrogen-bond acceptors (Lipinski definition) is 4. The van der Waals surface area contributed by atoms with Gasteiger partial charge in [0.05, 0.1) is 10.6 Å². The number of sulfonamides is 1. The fourth-order valence-electron chi connectivity index (χ4n) is 3.86. The van der Waals surface area contributed by atoms with Gasteiger partial charge in [-0.05, 0) is 67.8 Å². The number of amides is 2. The molecule has 3 rings (SSSR count). The number of halogens is 2. The number of nitrogens with zero attached hydrogens (tertiary/aromatic N) is 2. The van der Waals surface area contributed by atoms with E-state index in [0.717, 1.165) is 15.4 Å². The Morgan fingerprint density at radius 1 is 0.973 bits per heavy atom. The molecule has 3 aromatic rings. The Balaban J connectivity index is 2.08. The van der Waals surface area contributed by atoms with Gasteiger partial charge in [-0.25, -0.2) is 8.42 Å². The maximum Gasteiger partial charge on any atom is 0.264 e. The van der Waals surface area contributed by atoms with E-state index in [4.69, 9.17) is 23.2 Å². The molecule has 0 radical (unpaired) electrons. The van der Waals surface area contributed by atoms with E-state index in [1.54, 1.807) is 62.4 Å². The number of nitrogens with one attached hydrogen (secondary N) is 1. The monoisotopic (exact) mass is 561 g/mol. The van der Waals surface area contributed by atoms with Gasteiger partial charge >= 0.3 is 0 Å². The van der Waals surface area contributed by atoms with E-state index in [1.807, 2.05) is 13.0 Å². The molecule has 10 heteroatoms. The van der Waals surface area contributed by atoms with Crippen molar-refractivity contribution in [1.82, 2.24) is 10.2 Å². The molecule has 196 valence electrons. The zero-order chi connectivity index (χ0) is 27.3. The molecule has 3 aromatic carbocycles. The van der Waals surface area contributed by atoms with Gasteiger partial charge in [0.2, 0.25) is 11.8 Å². The molecule has 0 unspecified atom stereocenters. The molecule has 7 nitrogen and oxygen atoms in total. The van der Waals surface area contributed by atoms with E-state index in [0.29, 0.717) is 21.3 Å². The van der Waals surface area contributed by atoms with Crippen LogP contribution in [0, 0.1) is 13.8 Å². The minimum atomic E-state index is -4.12. The number of anilines is 1. The lowest BCUT2D eigenvalue weighted by Crippen LogP contribution is -2.50. The van der Waals surface area contributed by atoms with Crippen LogP contribution < -0.4 is 9.62 Å². The molecule has 0 aliphatic heterocycles. The van der Waals surface area contributed by atoms with Crippen molar-refractivity contribution in [2.75, 3.05) is 17.9 Å². The average molecular weight is 563 g/mol. The lowest BCUT2D eigenvalue weighted by molar-refractivity contribution is -0.139. The maximum absolute atomic E-state index is 13.8. The molecule has 37 heavy (non-hydrogen) atoms. The number of benzene rings is 3. The first-order valence-corrected chi connectivity index (χ1v) is 13.8. The Labute approximate surface area is 228 Å². The zero-order valence-corrected chi connectivity index (χ0v) is 23.4. The van der Waals surface area contributed by atoms with Crippen molar-refractivity contribution in [2.45, 2.75) is 38.3 Å². The van der Waals surface area contributed by atoms with Gasteiger partial charge < -0.3 is 10.2 Å². The molecular weight excluding hydrogens is 533 g/mol. The van der Waals surface area contributed by atoms with Gasteiger partial charge in [-0.2, -0.15) is 0 Å². The lowest BCUT2D eigenvalue weighted by atomic mass is 10.1. The SMILES string of the molecule is CNC(=O)[C@@H](C)N(Cc1ccc(Cl)cc1Cl)C(=O)CN(c1cccc(C)c1C)S(=O)(=O)c1ccccc1. The van der Waals surface area contributed by atoms with E-state index in [9.17, 15) is 18.0 Å². The summed E-state index contributed by atoms with van der Waals surface area (Å²) in [4.78, 5) is 27.7. The number of carbonyl (C=O) groups excluding carboxylic acids is 2. The largest absolute Gasteiger partial charge is 0.357 e. The van der Waals surface area contributed by atoms with Crippen LogP contribution in [-0.4, -0.2) is 44.8 Å². The first-order chi connectivity index (χ1) is 17.5. The van der Waals surface area contributed by atoms with Gasteiger partial charge in [-0.3, -0.25) is 13.9 Å². The molecule has 1 atom stereocenters. The Hall–Kier alpha value is -3.07. The molecule has 0 heterocycles. The summed E-state index contributed by atoms with van der Waals surface area (Å²) in [6.07, 6.45) is 0. The van der Waals surface area contributed by atoms with Crippen molar-refractivity contribution >= 4 is 50.7 Å². The van der Waals surface area contributed by atoms with Gasteiger partial charge in [-0.1, -0.05) is 59.6 Å². The van der Waals surface area contributed by atoms with Crippen LogP contribution in [0.2, 0.25) is 10.0 Å². The summed E-state index contributed by atoms with van der Waals surface area (Å²) in [7, 11) is -2.65. The van der Waals surface area contributed by atoms with Crippen LogP contribution in [0.1, 0.15) is 23.6 Å². The second kappa shape index (κ2) is 12.0. The molecule has 0 saturated carbocycles. The van der Waals surface area contributed by atoms with Gasteiger partial charge in [0, 0.05) is 23.6 Å². The van der Waals surface area contributed by atoms with Crippen molar-refractivity contribution in [3.8, 4) is 0 Å². The first kappa shape index (κ1) is 28.5. The summed E-state index contributed by atoms with van der Waals surface area (Å²) >= 11 is 12.4. The fourth-order valence-corrected chi connectivity index (χ4v) is 5.82. The zero-order valence-electron chi connectivity index (χ0n) is 21.0. The summed E-state index contributed by atoms with van der Waals surface area (Å²) < 4.78 is 28.7. The van der Waals surface area contributed by atoms with E-state index in [2.05, 4.69) is 5.32 Å². The summed E-state index contributed by atoms with van der Waals surface area (Å²) in [5.41, 5.74) is 2.55. The Kier molecular flexibility index (Phi) is 9.23. The Morgan fingerprint density at radius 2 is 1.65 bits per heavy atom. The van der Waals surface area contributed by atoms with Crippen molar-refractivity contribution in [2.24, 2.45) is 0 Å². The number of carbonyl (C=O) groups is 2. The minimum absolute atomic E-state index is 0.0184. The standard InChI is InChI=1S/C27H29Cl2N3O4S/c1-18-9-8-12-25(19(18)2)32(37(35,36)23-10-6-5-7-11-23)17-26(33)31(20(3)27(34)30-4)16-21-13-14-22(28)15-24(21)29/h5-15,20H,16-17H2,1-4H3,(H,30,34)/t20-/m1/s1. The number of hydrogen-bond donors (Lipinski definition) is 1. The maximum atomic E-state index is 13.8. The van der Waals surface area contributed by atoms with Crippen molar-refractivity contribution < 1.29 is 18.0 Å². The highest BCUT2D eigenvalue weighted by atomic mass is 35.5. The molecule has 1 N–H and O–H groups in total. The number of rotatable bonds is 9. The summed E-state index contributed by atoms with van der Waals surface area (Å²) in [6, 6.07) is 17.2. The Bertz CT molecular complexity index is 1400. The number of aryl methyl sites for hydroxylation is 1. The summed E-state index contributed by atoms with van der Waals surface area (Å²) in [6.45, 7) is 4.72. The molecule has 0 aliphatic carbocycles. The van der Waals surface area contributed by atoms with Gasteiger partial charge in [-0.15, -0.1) is 0 Å². The molecule has 0 saturated heterocycles. The van der Waals surface area contributed by atoms with Gasteiger partial charge in [0.15, 0.2) is 0 Å². The molecule has 0 bridgehead atoms. The predicted molar refractivity (Wildman–Crippen MR) is 147 cm³/mol. The Morgan fingerprint density at radius 3 is 2.27 bits per heavy atom. The van der Waals surface area contributed by atoms with E-state index < -0.39 is 34.4 Å². The smallest absolute Gasteiger partial charge is 0.264 e. The molecule has 0 spiro atoms. The van der Waals surface area contributed by atoms with Crippen LogP contribution in [-0.2, 0) is 26.2 Å². The summed E-state index contributed by atoms with van der Waals surface area (Å²) in [5, 5.41) is 3.31. The van der Waals surface area contributed by atoms with Crippen molar-refractivity contribution in [3.05, 3.63) is 93.5 Å². The van der Waals surface area contributed by atoms with Gasteiger partial charge in [0.1, 0.15) is 12.6 Å². The van der Waals surface area contributed by atoms with Crippen LogP contribution in [0.3, 0.4) is 0 Å². The number of likely N-dealkylation sites (N-methyl/N-ethyl adjacent to an activating group) is 1. The topological polar surface area (TPSA) is 86.8 Å². The van der Waals surface area contributed by atoms with Crippen LogP contribution in [0.15, 0.2) is 71.6 Å². The van der Waals surface area contributed by atoms with E-state index in [1.165, 1.54) is 24.1 Å². The second-order valence-electron chi connectivity index (χ2n) is 8.59. The van der Waals surface area contributed by atoms with E-state index in [-0.39, 0.29) is 11.4 Å². The van der Waals surface area contributed by atoms with Gasteiger partial charge in [0.25, 0.3) is 10.0 Å². The van der Waals surface area contributed by atoms with Crippen LogP contribution in [0.5, 0.6) is 0 Å². The third-order valence-corrected chi connectivity index (χ3v) is 8.59. The molecule has 2 amide bonds. The van der Waals surface area contributed by atoms with Crippen LogP contribution in [0.4, 0.5) is 5.69 Å². The van der Waals surface area contributed by atoms with Crippen LogP contribution >= 0.6 is 23.2 Å². The minimum Gasteiger partial charge on any atom is -0.357 e. The highest BCUT2D eigenvalue weighted by molar-refractivity contribution is 7.92. The van der Waals surface area contributed by atoms with Crippen molar-refractivity contribution in [1.29, 1.82) is 0 Å². The van der Waals surface area contributed by atoms with Crippen molar-refractivity contribution in [3.63, 3.8) is 0 Å². The first-order valence-electron chi connectivity index (χ1n) is 11.6. The second-order valence-corrected chi connectivity index (χ2v) is 11.3. The molecule has 0 aromatic heterocycles. The average Bonchev–Trinajstić information content (AvgIpc) is 2.88. The lowest BCUT2D eigenvalue weighted by Gasteiger charge is -2.32. The molecule has 0 aliphatic rings. The molecular formula is C27H29Cl2N3O4S. The third-order valence-electron chi connectivity index (χ3n) is 6.22. The van der Waals surface area contributed by atoms with Crippen LogP contribution in [0.25, 0.3) is 0 Å². The molecule has 0 fully saturated rings. The predicted octanol–water partition coefficient (Wildman–Crippen LogP) is 4.97. The third kappa shape index (κ3) is 6.44. The highest BCUT2D eigenvalue weighted by Crippen LogP contribution is 2.29. The highest BCUT2D eigenvalue weighted by Gasteiger charge is 2.33. The fraction of sp³-hybridized carbons (Fsp3) is 0.259. The summed E-state index contributed by atoms with van der Waals surface area (Å²) in [5.74, 6) is -0.967. The quantitative estimate of drug-likeness (QED) is 0.399. The normalized spacial score (nSPS) is 12.1. The van der Waals surface area contributed by atoms with E-state index >= 15 is 0 Å².